The van der Waals surface area contributed by atoms with Crippen molar-refractivity contribution < 1.29 is 14.3 Å². The molecule has 0 unspecified atom stereocenters. The van der Waals surface area contributed by atoms with Crippen molar-refractivity contribution in [2.45, 2.75) is 19.5 Å². The molecule has 0 heterocycles. The highest BCUT2D eigenvalue weighted by Crippen LogP contribution is 2.33. The second-order valence-corrected chi connectivity index (χ2v) is 8.53. The maximum atomic E-state index is 13.0. The molecule has 2 amide bonds. The van der Waals surface area contributed by atoms with Crippen molar-refractivity contribution in [3.8, 4) is 5.75 Å². The van der Waals surface area contributed by atoms with E-state index >= 15 is 0 Å². The average molecular weight is 534 g/mol. The monoisotopic (exact) mass is 532 g/mol. The summed E-state index contributed by atoms with van der Waals surface area (Å²) in [5.41, 5.74) is 0.925. The number of rotatable bonds is 7. The lowest BCUT2D eigenvalue weighted by atomic mass is 10.1. The number of fused-ring (bicyclic) bond motifs is 1. The number of hydrogen-bond donors (Lipinski definition) is 1. The van der Waals surface area contributed by atoms with Crippen LogP contribution in [0.4, 0.5) is 0 Å². The Kier molecular flexibility index (Phi) is 7.50. The maximum Gasteiger partial charge on any atom is 0.261 e. The van der Waals surface area contributed by atoms with Crippen molar-refractivity contribution in [2.75, 3.05) is 13.7 Å². The van der Waals surface area contributed by atoms with Crippen molar-refractivity contribution in [3.05, 3.63) is 75.2 Å². The number of likely N-dealkylation sites (N-methyl/N-ethyl adjacent to an activating group) is 1. The van der Waals surface area contributed by atoms with Crippen LogP contribution >= 0.6 is 31.9 Å². The van der Waals surface area contributed by atoms with E-state index in [1.165, 1.54) is 4.90 Å². The third-order valence-corrected chi connectivity index (χ3v) is 6.21. The van der Waals surface area contributed by atoms with Crippen molar-refractivity contribution in [2.24, 2.45) is 0 Å². The minimum Gasteiger partial charge on any atom is -0.483 e. The zero-order valence-corrected chi connectivity index (χ0v) is 19.9. The number of halogens is 2. The topological polar surface area (TPSA) is 58.6 Å². The molecule has 0 radical (unpaired) electrons. The Morgan fingerprint density at radius 2 is 1.73 bits per heavy atom. The molecule has 0 aliphatic heterocycles. The first-order chi connectivity index (χ1) is 14.4. The maximum absolute atomic E-state index is 13.0. The number of amides is 2. The van der Waals surface area contributed by atoms with Crippen LogP contribution in [0.1, 0.15) is 12.5 Å². The summed E-state index contributed by atoms with van der Waals surface area (Å²) >= 11 is 6.98. The standard InChI is InChI=1S/C23H22Br2N2O3/c1-15(23(29)26-2)27(13-16-7-10-18(24)11-8-16)21(28)14-30-20-12-9-17-5-3-4-6-19(17)22(20)25/h3-12,15H,13-14H2,1-2H3,(H,26,29)/t15-/m0/s1. The molecule has 7 heteroatoms. The second kappa shape index (κ2) is 10.1. The minimum absolute atomic E-state index is 0.172. The van der Waals surface area contributed by atoms with Gasteiger partial charge in [-0.05, 0) is 57.4 Å². The van der Waals surface area contributed by atoms with Gasteiger partial charge in [-0.3, -0.25) is 9.59 Å². The normalized spacial score (nSPS) is 11.7. The van der Waals surface area contributed by atoms with Crippen LogP contribution in [0.25, 0.3) is 10.8 Å². The summed E-state index contributed by atoms with van der Waals surface area (Å²) in [6, 6.07) is 18.7. The van der Waals surface area contributed by atoms with Crippen LogP contribution in [0.5, 0.6) is 5.75 Å². The van der Waals surface area contributed by atoms with Gasteiger partial charge in [-0.2, -0.15) is 0 Å². The molecule has 1 N–H and O–H groups in total. The Morgan fingerprint density at radius 3 is 2.43 bits per heavy atom. The highest BCUT2D eigenvalue weighted by atomic mass is 79.9. The number of ether oxygens (including phenoxy) is 1. The summed E-state index contributed by atoms with van der Waals surface area (Å²) in [6.07, 6.45) is 0. The molecule has 156 valence electrons. The summed E-state index contributed by atoms with van der Waals surface area (Å²) in [4.78, 5) is 26.8. The molecule has 3 aromatic rings. The SMILES string of the molecule is CNC(=O)[C@H](C)N(Cc1ccc(Br)cc1)C(=O)COc1ccc2ccccc2c1Br. The first kappa shape index (κ1) is 22.3. The van der Waals surface area contributed by atoms with Crippen molar-refractivity contribution in [3.63, 3.8) is 0 Å². The van der Waals surface area contributed by atoms with E-state index < -0.39 is 6.04 Å². The summed E-state index contributed by atoms with van der Waals surface area (Å²) in [6.45, 7) is 1.85. The van der Waals surface area contributed by atoms with E-state index in [1.54, 1.807) is 14.0 Å². The number of carbonyl (C=O) groups excluding carboxylic acids is 2. The van der Waals surface area contributed by atoms with Crippen LogP contribution in [-0.4, -0.2) is 36.4 Å². The number of carbonyl (C=O) groups is 2. The Balaban J connectivity index is 1.78. The lowest BCUT2D eigenvalue weighted by molar-refractivity contribution is -0.142. The van der Waals surface area contributed by atoms with Crippen LogP contribution in [0.15, 0.2) is 69.6 Å². The van der Waals surface area contributed by atoms with E-state index in [2.05, 4.69) is 37.2 Å². The number of nitrogens with one attached hydrogen (secondary N) is 1. The summed E-state index contributed by atoms with van der Waals surface area (Å²) in [7, 11) is 1.56. The molecule has 0 aliphatic rings. The van der Waals surface area contributed by atoms with Crippen LogP contribution in [0, 0.1) is 0 Å². The highest BCUT2D eigenvalue weighted by molar-refractivity contribution is 9.11. The zero-order chi connectivity index (χ0) is 21.7. The molecule has 1 atom stereocenters. The first-order valence-electron chi connectivity index (χ1n) is 9.46. The molecule has 3 aromatic carbocycles. The molecule has 0 saturated carbocycles. The van der Waals surface area contributed by atoms with Gasteiger partial charge in [0.05, 0.1) is 4.47 Å². The van der Waals surface area contributed by atoms with Gasteiger partial charge in [-0.1, -0.05) is 58.4 Å². The fourth-order valence-electron chi connectivity index (χ4n) is 3.13. The second-order valence-electron chi connectivity index (χ2n) is 6.83. The van der Waals surface area contributed by atoms with Crippen LogP contribution in [-0.2, 0) is 16.1 Å². The highest BCUT2D eigenvalue weighted by Gasteiger charge is 2.26. The summed E-state index contributed by atoms with van der Waals surface area (Å²) in [5, 5.41) is 4.69. The van der Waals surface area contributed by atoms with Gasteiger partial charge in [0.25, 0.3) is 5.91 Å². The minimum atomic E-state index is -0.630. The molecule has 0 spiro atoms. The molecule has 0 aromatic heterocycles. The van der Waals surface area contributed by atoms with Crippen molar-refractivity contribution in [1.29, 1.82) is 0 Å². The molecule has 5 nitrogen and oxygen atoms in total. The molecule has 0 aliphatic carbocycles. The van der Waals surface area contributed by atoms with E-state index in [9.17, 15) is 9.59 Å². The number of benzene rings is 3. The molecular weight excluding hydrogens is 512 g/mol. The quantitative estimate of drug-likeness (QED) is 0.469. The molecular formula is C23H22Br2N2O3. The van der Waals surface area contributed by atoms with Crippen molar-refractivity contribution >= 4 is 54.4 Å². The van der Waals surface area contributed by atoms with Gasteiger partial charge in [-0.15, -0.1) is 0 Å². The summed E-state index contributed by atoms with van der Waals surface area (Å²) in [5.74, 6) is 0.0830. The summed E-state index contributed by atoms with van der Waals surface area (Å²) < 4.78 is 7.58. The number of nitrogens with zero attached hydrogens (tertiary/aromatic N) is 1. The molecule has 3 rings (SSSR count). The zero-order valence-electron chi connectivity index (χ0n) is 16.7. The first-order valence-corrected chi connectivity index (χ1v) is 11.0. The van der Waals surface area contributed by atoms with E-state index in [1.807, 2.05) is 60.7 Å². The third-order valence-electron chi connectivity index (χ3n) is 4.86. The Bertz CT molecular complexity index is 1050. The predicted molar refractivity (Wildman–Crippen MR) is 125 cm³/mol. The molecule has 0 fully saturated rings. The average Bonchev–Trinajstić information content (AvgIpc) is 2.77. The Hall–Kier alpha value is -2.38. The van der Waals surface area contributed by atoms with E-state index in [0.29, 0.717) is 12.3 Å². The van der Waals surface area contributed by atoms with Gasteiger partial charge in [-0.25, -0.2) is 0 Å². The number of hydrogen-bond acceptors (Lipinski definition) is 3. The lowest BCUT2D eigenvalue weighted by Gasteiger charge is -2.28. The van der Waals surface area contributed by atoms with Crippen LogP contribution in [0.2, 0.25) is 0 Å². The Labute approximate surface area is 192 Å². The van der Waals surface area contributed by atoms with Crippen LogP contribution < -0.4 is 10.1 Å². The van der Waals surface area contributed by atoms with Gasteiger partial charge < -0.3 is 15.0 Å². The smallest absolute Gasteiger partial charge is 0.261 e. The van der Waals surface area contributed by atoms with E-state index in [0.717, 1.165) is 25.3 Å². The predicted octanol–water partition coefficient (Wildman–Crippen LogP) is 4.91. The van der Waals surface area contributed by atoms with Gasteiger partial charge in [0.1, 0.15) is 11.8 Å². The van der Waals surface area contributed by atoms with Gasteiger partial charge >= 0.3 is 0 Å². The molecule has 0 bridgehead atoms. The van der Waals surface area contributed by atoms with Crippen LogP contribution in [0.3, 0.4) is 0 Å². The van der Waals surface area contributed by atoms with Gasteiger partial charge in [0, 0.05) is 18.1 Å². The Morgan fingerprint density at radius 1 is 1.03 bits per heavy atom. The van der Waals surface area contributed by atoms with E-state index in [-0.39, 0.29) is 18.4 Å². The molecule has 0 saturated heterocycles. The third kappa shape index (κ3) is 5.21. The van der Waals surface area contributed by atoms with E-state index in [4.69, 9.17) is 4.74 Å². The van der Waals surface area contributed by atoms with Gasteiger partial charge in [0.15, 0.2) is 6.61 Å². The molecule has 30 heavy (non-hydrogen) atoms. The van der Waals surface area contributed by atoms with Gasteiger partial charge in [0.2, 0.25) is 5.91 Å². The fraction of sp³-hybridized carbons (Fsp3) is 0.217. The lowest BCUT2D eigenvalue weighted by Crippen LogP contribution is -2.48. The largest absolute Gasteiger partial charge is 0.483 e. The van der Waals surface area contributed by atoms with Crippen molar-refractivity contribution in [1.82, 2.24) is 10.2 Å². The fourth-order valence-corrected chi connectivity index (χ4v) is 4.00.